The maximum atomic E-state index is 13.1. The zero-order valence-corrected chi connectivity index (χ0v) is 20.1. The minimum Gasteiger partial charge on any atom is -0.497 e. The highest BCUT2D eigenvalue weighted by atomic mass is 32.1. The molecule has 1 N–H and O–H groups in total. The monoisotopic (exact) mass is 487 g/mol. The number of hydrogen-bond donors (Lipinski definition) is 1. The van der Waals surface area contributed by atoms with Gasteiger partial charge in [-0.2, -0.15) is 0 Å². The first-order valence-corrected chi connectivity index (χ1v) is 11.1. The summed E-state index contributed by atoms with van der Waals surface area (Å²) in [5.41, 5.74) is 1.59. The van der Waals surface area contributed by atoms with E-state index in [1.807, 2.05) is 0 Å². The summed E-state index contributed by atoms with van der Waals surface area (Å²) in [6, 6.07) is 6.80. The van der Waals surface area contributed by atoms with Crippen LogP contribution in [-0.4, -0.2) is 55.5 Å². The van der Waals surface area contributed by atoms with E-state index in [4.69, 9.17) is 18.6 Å². The van der Waals surface area contributed by atoms with Crippen molar-refractivity contribution in [3.8, 4) is 11.5 Å². The standard InChI is InChI=1S/C23H25N3O7S/c1-14-19(5-6-33-14)22(29)25-23-24-16(13-34-23)9-20(27)26(12-21(28)32-4)11-15-7-17(30-2)10-18(8-15)31-3/h5-8,10,13H,9,11-12H2,1-4H3,(H,24,25,29). The highest BCUT2D eigenvalue weighted by Gasteiger charge is 2.21. The van der Waals surface area contributed by atoms with Crippen molar-refractivity contribution in [3.05, 3.63) is 58.5 Å². The molecule has 0 aliphatic carbocycles. The number of rotatable bonds is 10. The number of aryl methyl sites for hydroxylation is 1. The number of benzene rings is 1. The Hall–Kier alpha value is -3.86. The van der Waals surface area contributed by atoms with Gasteiger partial charge in [0.15, 0.2) is 5.13 Å². The molecule has 0 bridgehead atoms. The van der Waals surface area contributed by atoms with Gasteiger partial charge in [0.2, 0.25) is 5.91 Å². The lowest BCUT2D eigenvalue weighted by molar-refractivity contribution is -0.147. The molecule has 1 aromatic carbocycles. The second kappa shape index (κ2) is 11.3. The number of carbonyl (C=O) groups excluding carboxylic acids is 3. The fourth-order valence-corrected chi connectivity index (χ4v) is 3.83. The van der Waals surface area contributed by atoms with Gasteiger partial charge in [0, 0.05) is 18.0 Å². The summed E-state index contributed by atoms with van der Waals surface area (Å²) in [4.78, 5) is 43.0. The molecule has 2 aromatic heterocycles. The van der Waals surface area contributed by atoms with E-state index >= 15 is 0 Å². The minimum atomic E-state index is -0.551. The highest BCUT2D eigenvalue weighted by molar-refractivity contribution is 7.14. The summed E-state index contributed by atoms with van der Waals surface area (Å²) < 4.78 is 20.5. The lowest BCUT2D eigenvalue weighted by Gasteiger charge is -2.22. The van der Waals surface area contributed by atoms with Gasteiger partial charge in [0.05, 0.1) is 45.3 Å². The van der Waals surface area contributed by atoms with Crippen molar-refractivity contribution >= 4 is 34.3 Å². The first-order valence-electron chi connectivity index (χ1n) is 10.2. The van der Waals surface area contributed by atoms with Gasteiger partial charge in [-0.3, -0.25) is 19.7 Å². The lowest BCUT2D eigenvalue weighted by atomic mass is 10.1. The van der Waals surface area contributed by atoms with Crippen molar-refractivity contribution < 1.29 is 33.0 Å². The van der Waals surface area contributed by atoms with Crippen LogP contribution < -0.4 is 14.8 Å². The number of esters is 1. The van der Waals surface area contributed by atoms with Crippen LogP contribution in [0.25, 0.3) is 0 Å². The lowest BCUT2D eigenvalue weighted by Crippen LogP contribution is -2.36. The van der Waals surface area contributed by atoms with Gasteiger partial charge in [-0.15, -0.1) is 11.3 Å². The average molecular weight is 488 g/mol. The molecule has 3 rings (SSSR count). The van der Waals surface area contributed by atoms with Crippen molar-refractivity contribution in [2.45, 2.75) is 19.9 Å². The zero-order valence-electron chi connectivity index (χ0n) is 19.2. The molecule has 0 saturated carbocycles. The van der Waals surface area contributed by atoms with Gasteiger partial charge in [-0.25, -0.2) is 4.98 Å². The molecule has 180 valence electrons. The molecule has 0 spiro atoms. The Bertz CT molecular complexity index is 1150. The molecular weight excluding hydrogens is 462 g/mol. The van der Waals surface area contributed by atoms with Gasteiger partial charge < -0.3 is 23.5 Å². The molecule has 10 nitrogen and oxygen atoms in total. The van der Waals surface area contributed by atoms with Gasteiger partial charge in [0.25, 0.3) is 5.91 Å². The van der Waals surface area contributed by atoms with E-state index in [1.54, 1.807) is 36.6 Å². The third-order valence-electron chi connectivity index (χ3n) is 4.89. The van der Waals surface area contributed by atoms with Crippen molar-refractivity contribution in [2.75, 3.05) is 33.2 Å². The summed E-state index contributed by atoms with van der Waals surface area (Å²) >= 11 is 1.20. The topological polar surface area (TPSA) is 120 Å². The van der Waals surface area contributed by atoms with Crippen LogP contribution in [0.2, 0.25) is 0 Å². The van der Waals surface area contributed by atoms with Crippen molar-refractivity contribution in [3.63, 3.8) is 0 Å². The summed E-state index contributed by atoms with van der Waals surface area (Å²) in [5, 5.41) is 4.73. The van der Waals surface area contributed by atoms with Crippen LogP contribution in [0, 0.1) is 6.92 Å². The number of nitrogens with one attached hydrogen (secondary N) is 1. The number of furan rings is 1. The van der Waals surface area contributed by atoms with E-state index in [0.717, 1.165) is 5.56 Å². The number of thiazole rings is 1. The number of methoxy groups -OCH3 is 3. The number of nitrogens with zero attached hydrogens (tertiary/aromatic N) is 2. The summed E-state index contributed by atoms with van der Waals surface area (Å²) in [5.74, 6) is 0.390. The van der Waals surface area contributed by atoms with E-state index in [0.29, 0.717) is 33.6 Å². The molecule has 0 aliphatic heterocycles. The van der Waals surface area contributed by atoms with Gasteiger partial charge in [-0.05, 0) is 30.7 Å². The maximum Gasteiger partial charge on any atom is 0.325 e. The molecule has 2 amide bonds. The Morgan fingerprint density at radius 1 is 1.12 bits per heavy atom. The molecule has 11 heteroatoms. The number of hydrogen-bond acceptors (Lipinski definition) is 9. The molecule has 0 atom stereocenters. The summed E-state index contributed by atoms with van der Waals surface area (Å²) in [6.07, 6.45) is 1.37. The molecule has 0 fully saturated rings. The van der Waals surface area contributed by atoms with Crippen LogP contribution in [0.15, 0.2) is 40.3 Å². The average Bonchev–Trinajstić information content (AvgIpc) is 3.46. The molecule has 3 aromatic rings. The molecule has 0 saturated heterocycles. The van der Waals surface area contributed by atoms with E-state index in [9.17, 15) is 14.4 Å². The number of amides is 2. The van der Waals surface area contributed by atoms with Gasteiger partial charge in [0.1, 0.15) is 23.8 Å². The fraction of sp³-hybridized carbons (Fsp3) is 0.304. The third-order valence-corrected chi connectivity index (χ3v) is 5.70. The van der Waals surface area contributed by atoms with Crippen LogP contribution >= 0.6 is 11.3 Å². The predicted molar refractivity (Wildman–Crippen MR) is 124 cm³/mol. The van der Waals surface area contributed by atoms with Crippen LogP contribution in [0.3, 0.4) is 0 Å². The van der Waals surface area contributed by atoms with Gasteiger partial charge >= 0.3 is 5.97 Å². The Morgan fingerprint density at radius 2 is 1.82 bits per heavy atom. The normalized spacial score (nSPS) is 10.5. The van der Waals surface area contributed by atoms with E-state index in [2.05, 4.69) is 10.3 Å². The Kier molecular flexibility index (Phi) is 8.25. The number of ether oxygens (including phenoxy) is 3. The molecule has 34 heavy (non-hydrogen) atoms. The second-order valence-corrected chi connectivity index (χ2v) is 8.07. The second-order valence-electron chi connectivity index (χ2n) is 7.21. The Labute approximate surface area is 200 Å². The van der Waals surface area contributed by atoms with E-state index in [-0.39, 0.29) is 31.3 Å². The minimum absolute atomic E-state index is 0.0603. The van der Waals surface area contributed by atoms with Crippen molar-refractivity contribution in [1.29, 1.82) is 0 Å². The molecule has 0 aliphatic rings. The van der Waals surface area contributed by atoms with Crippen LogP contribution in [0.4, 0.5) is 5.13 Å². The largest absolute Gasteiger partial charge is 0.497 e. The number of carbonyl (C=O) groups is 3. The number of anilines is 1. The smallest absolute Gasteiger partial charge is 0.325 e. The Morgan fingerprint density at radius 3 is 2.41 bits per heavy atom. The SMILES string of the molecule is COC(=O)CN(Cc1cc(OC)cc(OC)c1)C(=O)Cc1csc(NC(=O)c2ccoc2C)n1. The molecular formula is C23H25N3O7S. The quantitative estimate of drug-likeness (QED) is 0.433. The fourth-order valence-electron chi connectivity index (χ4n) is 3.13. The summed E-state index contributed by atoms with van der Waals surface area (Å²) in [6.45, 7) is 1.59. The number of aromatic nitrogens is 1. The zero-order chi connectivity index (χ0) is 24.7. The van der Waals surface area contributed by atoms with Crippen LogP contribution in [-0.2, 0) is 27.3 Å². The summed E-state index contributed by atoms with van der Waals surface area (Å²) in [7, 11) is 4.32. The molecule has 0 radical (unpaired) electrons. The van der Waals surface area contributed by atoms with Gasteiger partial charge in [-0.1, -0.05) is 0 Å². The van der Waals surface area contributed by atoms with E-state index in [1.165, 1.54) is 43.8 Å². The Balaban J connectivity index is 1.72. The first-order chi connectivity index (χ1) is 16.3. The highest BCUT2D eigenvalue weighted by Crippen LogP contribution is 2.24. The van der Waals surface area contributed by atoms with Crippen LogP contribution in [0.5, 0.6) is 11.5 Å². The van der Waals surface area contributed by atoms with Crippen molar-refractivity contribution in [2.24, 2.45) is 0 Å². The molecule has 0 unspecified atom stereocenters. The molecule has 2 heterocycles. The predicted octanol–water partition coefficient (Wildman–Crippen LogP) is 3.06. The van der Waals surface area contributed by atoms with E-state index < -0.39 is 5.97 Å². The maximum absolute atomic E-state index is 13.1. The first kappa shape index (κ1) is 24.8. The third kappa shape index (κ3) is 6.35. The van der Waals surface area contributed by atoms with Crippen LogP contribution in [0.1, 0.15) is 27.4 Å². The van der Waals surface area contributed by atoms with Crippen molar-refractivity contribution in [1.82, 2.24) is 9.88 Å².